The number of aromatic nitrogens is 1. The average Bonchev–Trinajstić information content (AvgIpc) is 3.11. The van der Waals surface area contributed by atoms with Crippen molar-refractivity contribution in [3.63, 3.8) is 0 Å². The van der Waals surface area contributed by atoms with Crippen LogP contribution in [0, 0.1) is 12.7 Å². The molecule has 0 unspecified atom stereocenters. The van der Waals surface area contributed by atoms with Gasteiger partial charge in [-0.25, -0.2) is 4.39 Å². The molecule has 3 N–H and O–H groups in total. The third-order valence-electron chi connectivity index (χ3n) is 6.36. The Morgan fingerprint density at radius 3 is 2.42 bits per heavy atom. The van der Waals surface area contributed by atoms with Gasteiger partial charge in [0.05, 0.1) is 5.56 Å². The van der Waals surface area contributed by atoms with Gasteiger partial charge in [0.2, 0.25) is 5.78 Å². The van der Waals surface area contributed by atoms with Crippen molar-refractivity contribution >= 4 is 28.5 Å². The zero-order valence-electron chi connectivity index (χ0n) is 18.9. The van der Waals surface area contributed by atoms with Gasteiger partial charge in [-0.2, -0.15) is 0 Å². The van der Waals surface area contributed by atoms with Crippen molar-refractivity contribution in [3.8, 4) is 0 Å². The standard InChI is InChI=1S/C25H27FN4O3/c1-14-12-30(15(2)11-29(14)13-17-4-7-19(26)8-5-17)25(33)22-16(3)28-21-9-6-18(10-20(21)22)23(31)24(27)32/h4-10,14-15,28H,11-13H2,1-3H3,(H2,27,32)/t14-,15+/m0/s1. The van der Waals surface area contributed by atoms with E-state index in [1.54, 1.807) is 24.3 Å². The summed E-state index contributed by atoms with van der Waals surface area (Å²) in [4.78, 5) is 44.4. The number of carbonyl (C=O) groups excluding carboxylic acids is 3. The number of nitrogens with zero attached hydrogens (tertiary/aromatic N) is 2. The van der Waals surface area contributed by atoms with E-state index in [0.29, 0.717) is 41.8 Å². The minimum absolute atomic E-state index is 0.0473. The Morgan fingerprint density at radius 1 is 1.06 bits per heavy atom. The van der Waals surface area contributed by atoms with Crippen LogP contribution in [0.5, 0.6) is 0 Å². The zero-order valence-corrected chi connectivity index (χ0v) is 18.9. The lowest BCUT2D eigenvalue weighted by Crippen LogP contribution is -2.57. The fourth-order valence-corrected chi connectivity index (χ4v) is 4.56. The molecule has 0 aliphatic carbocycles. The summed E-state index contributed by atoms with van der Waals surface area (Å²) >= 11 is 0. The number of hydrogen-bond donors (Lipinski definition) is 2. The minimum atomic E-state index is -1.03. The van der Waals surface area contributed by atoms with Crippen LogP contribution in [-0.4, -0.2) is 57.6 Å². The topological polar surface area (TPSA) is 99.5 Å². The highest BCUT2D eigenvalue weighted by molar-refractivity contribution is 6.42. The minimum Gasteiger partial charge on any atom is -0.363 e. The molecule has 1 fully saturated rings. The average molecular weight is 451 g/mol. The second-order valence-corrected chi connectivity index (χ2v) is 8.79. The number of ketones is 1. The van der Waals surface area contributed by atoms with Crippen LogP contribution in [0.3, 0.4) is 0 Å². The molecule has 3 aromatic rings. The summed E-state index contributed by atoms with van der Waals surface area (Å²) in [5.41, 5.74) is 8.24. The smallest absolute Gasteiger partial charge is 0.289 e. The van der Waals surface area contributed by atoms with Crippen LogP contribution < -0.4 is 5.73 Å². The van der Waals surface area contributed by atoms with Crippen molar-refractivity contribution in [2.45, 2.75) is 39.4 Å². The van der Waals surface area contributed by atoms with Crippen LogP contribution in [0.2, 0.25) is 0 Å². The number of nitrogens with two attached hydrogens (primary N) is 1. The van der Waals surface area contributed by atoms with E-state index in [2.05, 4.69) is 16.8 Å². The quantitative estimate of drug-likeness (QED) is 0.461. The molecular weight excluding hydrogens is 423 g/mol. The van der Waals surface area contributed by atoms with Gasteiger partial charge in [0.1, 0.15) is 5.82 Å². The summed E-state index contributed by atoms with van der Waals surface area (Å²) in [5.74, 6) is -2.20. The van der Waals surface area contributed by atoms with Gasteiger partial charge in [-0.1, -0.05) is 12.1 Å². The number of rotatable bonds is 5. The Balaban J connectivity index is 1.58. The predicted molar refractivity (Wildman–Crippen MR) is 123 cm³/mol. The third kappa shape index (κ3) is 4.39. The van der Waals surface area contributed by atoms with Crippen molar-refractivity contribution < 1.29 is 18.8 Å². The van der Waals surface area contributed by atoms with Gasteiger partial charge in [-0.3, -0.25) is 19.3 Å². The first-order chi connectivity index (χ1) is 15.7. The molecule has 1 aliphatic heterocycles. The number of halogens is 1. The molecule has 1 aromatic heterocycles. The summed E-state index contributed by atoms with van der Waals surface area (Å²) in [5, 5.41) is 0.596. The Kier molecular flexibility index (Phi) is 6.03. The van der Waals surface area contributed by atoms with E-state index in [4.69, 9.17) is 5.73 Å². The number of aromatic amines is 1. The van der Waals surface area contributed by atoms with Crippen molar-refractivity contribution in [2.75, 3.05) is 13.1 Å². The Morgan fingerprint density at radius 2 is 1.76 bits per heavy atom. The van der Waals surface area contributed by atoms with E-state index < -0.39 is 11.7 Å². The Bertz CT molecular complexity index is 1230. The van der Waals surface area contributed by atoms with Gasteiger partial charge in [0, 0.05) is 53.9 Å². The van der Waals surface area contributed by atoms with Crippen LogP contribution in [-0.2, 0) is 11.3 Å². The van der Waals surface area contributed by atoms with Gasteiger partial charge in [-0.15, -0.1) is 0 Å². The molecule has 33 heavy (non-hydrogen) atoms. The summed E-state index contributed by atoms with van der Waals surface area (Å²) in [7, 11) is 0. The van der Waals surface area contributed by atoms with Crippen molar-refractivity contribution in [2.24, 2.45) is 5.73 Å². The summed E-state index contributed by atoms with van der Waals surface area (Å²) in [6.45, 7) is 7.79. The second-order valence-electron chi connectivity index (χ2n) is 8.79. The van der Waals surface area contributed by atoms with Crippen molar-refractivity contribution in [1.82, 2.24) is 14.8 Å². The van der Waals surface area contributed by atoms with Crippen LogP contribution in [0.4, 0.5) is 4.39 Å². The number of amides is 2. The van der Waals surface area contributed by atoms with Crippen LogP contribution in [0.15, 0.2) is 42.5 Å². The number of aryl methyl sites for hydroxylation is 1. The van der Waals surface area contributed by atoms with E-state index in [9.17, 15) is 18.8 Å². The number of Topliss-reactive ketones (excluding diaryl/α,β-unsaturated/α-hetero) is 1. The number of primary amides is 1. The molecule has 0 bridgehead atoms. The maximum absolute atomic E-state index is 13.6. The highest BCUT2D eigenvalue weighted by Gasteiger charge is 2.34. The third-order valence-corrected chi connectivity index (χ3v) is 6.36. The first kappa shape index (κ1) is 22.7. The largest absolute Gasteiger partial charge is 0.363 e. The zero-order chi connectivity index (χ0) is 23.9. The lowest BCUT2D eigenvalue weighted by molar-refractivity contribution is -0.114. The molecule has 2 amide bonds. The van der Waals surface area contributed by atoms with Crippen LogP contribution >= 0.6 is 0 Å². The number of piperazine rings is 1. The predicted octanol–water partition coefficient (Wildman–Crippen LogP) is 3.02. The van der Waals surface area contributed by atoms with E-state index >= 15 is 0 Å². The first-order valence-corrected chi connectivity index (χ1v) is 10.9. The second kappa shape index (κ2) is 8.78. The highest BCUT2D eigenvalue weighted by atomic mass is 19.1. The number of hydrogen-bond acceptors (Lipinski definition) is 4. The number of fused-ring (bicyclic) bond motifs is 1. The molecule has 0 spiro atoms. The molecule has 1 aliphatic rings. The number of carbonyl (C=O) groups is 3. The molecule has 172 valence electrons. The summed E-state index contributed by atoms with van der Waals surface area (Å²) in [6.07, 6.45) is 0. The number of nitrogens with one attached hydrogen (secondary N) is 1. The van der Waals surface area contributed by atoms with Crippen LogP contribution in [0.1, 0.15) is 45.8 Å². The molecular formula is C25H27FN4O3. The van der Waals surface area contributed by atoms with E-state index in [1.165, 1.54) is 18.2 Å². The molecule has 0 saturated carbocycles. The molecule has 1 saturated heterocycles. The summed E-state index contributed by atoms with van der Waals surface area (Å²) in [6, 6.07) is 11.3. The Labute approximate surface area is 191 Å². The molecule has 4 rings (SSSR count). The fourth-order valence-electron chi connectivity index (χ4n) is 4.56. The Hall–Kier alpha value is -3.52. The number of benzene rings is 2. The lowest BCUT2D eigenvalue weighted by Gasteiger charge is -2.44. The van der Waals surface area contributed by atoms with Gasteiger partial charge in [0.15, 0.2) is 0 Å². The summed E-state index contributed by atoms with van der Waals surface area (Å²) < 4.78 is 13.2. The van der Waals surface area contributed by atoms with Gasteiger partial charge in [0.25, 0.3) is 11.8 Å². The SMILES string of the molecule is Cc1[nH]c2ccc(C(=O)C(N)=O)cc2c1C(=O)N1C[C@H](C)N(Cc2ccc(F)cc2)C[C@H]1C. The van der Waals surface area contributed by atoms with Gasteiger partial charge >= 0.3 is 0 Å². The molecule has 7 nitrogen and oxygen atoms in total. The van der Waals surface area contributed by atoms with Crippen molar-refractivity contribution in [3.05, 3.63) is 70.7 Å². The lowest BCUT2D eigenvalue weighted by atomic mass is 10.0. The first-order valence-electron chi connectivity index (χ1n) is 10.9. The van der Waals surface area contributed by atoms with E-state index in [1.807, 2.05) is 18.7 Å². The molecule has 0 radical (unpaired) electrons. The monoisotopic (exact) mass is 450 g/mol. The molecule has 2 atom stereocenters. The fraction of sp³-hybridized carbons (Fsp3) is 0.320. The van der Waals surface area contributed by atoms with Crippen molar-refractivity contribution in [1.29, 1.82) is 0 Å². The van der Waals surface area contributed by atoms with Crippen LogP contribution in [0.25, 0.3) is 10.9 Å². The maximum atomic E-state index is 13.6. The number of H-pyrrole nitrogens is 1. The molecule has 2 heterocycles. The normalized spacial score (nSPS) is 19.1. The van der Waals surface area contributed by atoms with Gasteiger partial charge in [-0.05, 0) is 56.7 Å². The van der Waals surface area contributed by atoms with E-state index in [-0.39, 0.29) is 29.4 Å². The van der Waals surface area contributed by atoms with Gasteiger partial charge < -0.3 is 15.6 Å². The highest BCUT2D eigenvalue weighted by Crippen LogP contribution is 2.28. The maximum Gasteiger partial charge on any atom is 0.289 e. The molecule has 2 aromatic carbocycles. The molecule has 8 heteroatoms. The van der Waals surface area contributed by atoms with E-state index in [0.717, 1.165) is 5.56 Å².